The van der Waals surface area contributed by atoms with Crippen molar-refractivity contribution in [3.05, 3.63) is 10.4 Å². The molecule has 1 aliphatic heterocycles. The highest BCUT2D eigenvalue weighted by atomic mass is 16.6. The second kappa shape index (κ2) is 4.96. The monoisotopic (exact) mass is 237 g/mol. The van der Waals surface area contributed by atoms with Crippen LogP contribution in [0.5, 0.6) is 0 Å². The van der Waals surface area contributed by atoms with E-state index in [1.165, 1.54) is 6.42 Å². The van der Waals surface area contributed by atoms with Gasteiger partial charge in [0.2, 0.25) is 0 Å². The number of carbonyl (C=O) groups is 1. The first-order valence-electron chi connectivity index (χ1n) is 6.37. The lowest BCUT2D eigenvalue weighted by Gasteiger charge is -2.30. The number of azide groups is 1. The van der Waals surface area contributed by atoms with E-state index in [0.717, 1.165) is 31.6 Å². The van der Waals surface area contributed by atoms with Crippen molar-refractivity contribution in [3.63, 3.8) is 0 Å². The van der Waals surface area contributed by atoms with Crippen LogP contribution >= 0.6 is 0 Å². The van der Waals surface area contributed by atoms with Crippen molar-refractivity contribution in [1.29, 1.82) is 0 Å². The summed E-state index contributed by atoms with van der Waals surface area (Å²) < 4.78 is 5.34. The molecule has 0 radical (unpaired) electrons. The first kappa shape index (κ1) is 12.2. The topological polar surface area (TPSA) is 75.1 Å². The molecule has 1 heterocycles. The van der Waals surface area contributed by atoms with Gasteiger partial charge in [0.05, 0.1) is 13.0 Å². The summed E-state index contributed by atoms with van der Waals surface area (Å²) in [5, 5.41) is 3.59. The first-order chi connectivity index (χ1) is 8.16. The van der Waals surface area contributed by atoms with E-state index in [9.17, 15) is 4.79 Å². The van der Waals surface area contributed by atoms with Gasteiger partial charge in [-0.25, -0.2) is 0 Å². The number of hydrogen-bond acceptors (Lipinski definition) is 3. The number of nitrogens with zero attached hydrogens (tertiary/aromatic N) is 3. The fraction of sp³-hybridized carbons (Fsp3) is 0.917. The van der Waals surface area contributed by atoms with Crippen LogP contribution < -0.4 is 0 Å². The summed E-state index contributed by atoms with van der Waals surface area (Å²) in [5.41, 5.74) is 8.34. The predicted molar refractivity (Wildman–Crippen MR) is 63.2 cm³/mol. The smallest absolute Gasteiger partial charge is 0.306 e. The Morgan fingerprint density at radius 3 is 3.12 bits per heavy atom. The Hall–Kier alpha value is -1.22. The summed E-state index contributed by atoms with van der Waals surface area (Å²) in [6.07, 6.45) is 5.86. The van der Waals surface area contributed by atoms with E-state index < -0.39 is 0 Å². The van der Waals surface area contributed by atoms with Crippen molar-refractivity contribution in [2.75, 3.05) is 6.54 Å². The third-order valence-corrected chi connectivity index (χ3v) is 4.27. The van der Waals surface area contributed by atoms with Crippen molar-refractivity contribution in [2.24, 2.45) is 16.4 Å². The Labute approximate surface area is 101 Å². The van der Waals surface area contributed by atoms with E-state index in [1.807, 2.05) is 0 Å². The Morgan fingerprint density at radius 2 is 2.35 bits per heavy atom. The Morgan fingerprint density at radius 1 is 1.53 bits per heavy atom. The third-order valence-electron chi connectivity index (χ3n) is 4.27. The summed E-state index contributed by atoms with van der Waals surface area (Å²) in [4.78, 5) is 14.3. The van der Waals surface area contributed by atoms with E-state index >= 15 is 0 Å². The molecule has 2 fully saturated rings. The van der Waals surface area contributed by atoms with Crippen molar-refractivity contribution in [3.8, 4) is 0 Å². The molecular formula is C12H19N3O2. The molecule has 2 aliphatic rings. The molecule has 0 N–H and O–H groups in total. The Kier molecular flexibility index (Phi) is 3.57. The molecule has 1 saturated heterocycles. The van der Waals surface area contributed by atoms with E-state index in [0.29, 0.717) is 6.42 Å². The average molecular weight is 237 g/mol. The van der Waals surface area contributed by atoms with Gasteiger partial charge in [0.25, 0.3) is 0 Å². The number of carbonyl (C=O) groups excluding carboxylic acids is 1. The van der Waals surface area contributed by atoms with Crippen LogP contribution in [0.3, 0.4) is 0 Å². The van der Waals surface area contributed by atoms with E-state index in [4.69, 9.17) is 10.3 Å². The van der Waals surface area contributed by atoms with Gasteiger partial charge in [-0.2, -0.15) is 0 Å². The second-order valence-electron chi connectivity index (χ2n) is 5.47. The van der Waals surface area contributed by atoms with Gasteiger partial charge < -0.3 is 4.74 Å². The highest BCUT2D eigenvalue weighted by molar-refractivity contribution is 5.73. The summed E-state index contributed by atoms with van der Waals surface area (Å²) in [6.45, 7) is 2.55. The fourth-order valence-electron chi connectivity index (χ4n) is 3.17. The van der Waals surface area contributed by atoms with Crippen LogP contribution in [-0.2, 0) is 9.53 Å². The highest BCUT2D eigenvalue weighted by Gasteiger charge is 2.48. The molecule has 0 aromatic rings. The average Bonchev–Trinajstić information content (AvgIpc) is 2.47. The molecule has 1 spiro atoms. The highest BCUT2D eigenvalue weighted by Crippen LogP contribution is 2.47. The number of ether oxygens (including phenoxy) is 1. The van der Waals surface area contributed by atoms with E-state index in [-0.39, 0.29) is 24.0 Å². The largest absolute Gasteiger partial charge is 0.462 e. The minimum atomic E-state index is -0.198. The van der Waals surface area contributed by atoms with Crippen LogP contribution in [0.15, 0.2) is 5.11 Å². The molecule has 94 valence electrons. The van der Waals surface area contributed by atoms with E-state index in [1.54, 1.807) is 0 Å². The van der Waals surface area contributed by atoms with Crippen LogP contribution in [0.25, 0.3) is 10.4 Å². The van der Waals surface area contributed by atoms with Crippen molar-refractivity contribution >= 4 is 5.97 Å². The number of rotatable bonds is 2. The van der Waals surface area contributed by atoms with Gasteiger partial charge >= 0.3 is 5.97 Å². The quantitative estimate of drug-likeness (QED) is 0.320. The van der Waals surface area contributed by atoms with Crippen LogP contribution in [0.4, 0.5) is 0 Å². The van der Waals surface area contributed by atoms with Gasteiger partial charge in [-0.05, 0) is 24.3 Å². The van der Waals surface area contributed by atoms with Gasteiger partial charge in [0.15, 0.2) is 0 Å². The van der Waals surface area contributed by atoms with Crippen molar-refractivity contribution < 1.29 is 9.53 Å². The van der Waals surface area contributed by atoms with Crippen LogP contribution in [0.1, 0.15) is 45.4 Å². The van der Waals surface area contributed by atoms with Gasteiger partial charge in [-0.1, -0.05) is 31.3 Å². The molecule has 17 heavy (non-hydrogen) atoms. The van der Waals surface area contributed by atoms with Crippen molar-refractivity contribution in [2.45, 2.75) is 51.6 Å². The van der Waals surface area contributed by atoms with Crippen LogP contribution in [0.2, 0.25) is 0 Å². The molecule has 0 aromatic heterocycles. The maximum atomic E-state index is 11.5. The Balaban J connectivity index is 2.13. The van der Waals surface area contributed by atoms with E-state index in [2.05, 4.69) is 16.9 Å². The molecular weight excluding hydrogens is 218 g/mol. The van der Waals surface area contributed by atoms with Gasteiger partial charge in [-0.3, -0.25) is 4.79 Å². The lowest BCUT2D eigenvalue weighted by molar-refractivity contribution is -0.141. The number of cyclic esters (lactones) is 1. The minimum absolute atomic E-state index is 0.0595. The molecule has 3 unspecified atom stereocenters. The van der Waals surface area contributed by atoms with Gasteiger partial charge in [0, 0.05) is 10.3 Å². The lowest BCUT2D eigenvalue weighted by atomic mass is 9.74. The SMILES string of the molecule is CC1CCCC2(CC1)CC(=O)OC2CN=[N+]=[N-]. The zero-order valence-corrected chi connectivity index (χ0v) is 10.3. The molecule has 1 saturated carbocycles. The van der Waals surface area contributed by atoms with Gasteiger partial charge in [-0.15, -0.1) is 0 Å². The van der Waals surface area contributed by atoms with Crippen LogP contribution in [-0.4, -0.2) is 18.6 Å². The summed E-state index contributed by atoms with van der Waals surface area (Å²) in [5.74, 6) is 0.600. The summed E-state index contributed by atoms with van der Waals surface area (Å²) in [7, 11) is 0. The maximum absolute atomic E-state index is 11.5. The maximum Gasteiger partial charge on any atom is 0.306 e. The minimum Gasteiger partial charge on any atom is -0.462 e. The number of hydrogen-bond donors (Lipinski definition) is 0. The molecule has 5 heteroatoms. The zero-order valence-electron chi connectivity index (χ0n) is 10.3. The second-order valence-corrected chi connectivity index (χ2v) is 5.47. The molecule has 0 bridgehead atoms. The first-order valence-corrected chi connectivity index (χ1v) is 6.37. The molecule has 5 nitrogen and oxygen atoms in total. The molecule has 2 rings (SSSR count). The van der Waals surface area contributed by atoms with Crippen molar-refractivity contribution in [1.82, 2.24) is 0 Å². The Bertz CT molecular complexity index is 352. The third kappa shape index (κ3) is 2.55. The lowest BCUT2D eigenvalue weighted by Crippen LogP contribution is -2.32. The molecule has 1 aliphatic carbocycles. The fourth-order valence-corrected chi connectivity index (χ4v) is 3.17. The summed E-state index contributed by atoms with van der Waals surface area (Å²) in [6, 6.07) is 0. The predicted octanol–water partition coefficient (Wildman–Crippen LogP) is 3.20. The van der Waals surface area contributed by atoms with Gasteiger partial charge in [0.1, 0.15) is 6.10 Å². The zero-order chi connectivity index (χ0) is 12.3. The van der Waals surface area contributed by atoms with Crippen LogP contribution in [0, 0.1) is 11.3 Å². The molecule has 0 amide bonds. The number of esters is 1. The molecule has 3 atom stereocenters. The molecule has 0 aromatic carbocycles. The summed E-state index contributed by atoms with van der Waals surface area (Å²) >= 11 is 0. The normalized spacial score (nSPS) is 37.4. The standard InChI is InChI=1S/C12H19N3O2/c1-9-3-2-5-12(6-4-9)7-11(16)17-10(12)8-14-15-13/h9-10H,2-8H2,1H3.